The molecule has 0 aliphatic rings. The second-order valence-electron chi connectivity index (χ2n) is 4.49. The molecule has 0 radical (unpaired) electrons. The molecule has 2 heteroatoms. The molecule has 1 unspecified atom stereocenters. The number of allylic oxidation sites excluding steroid dienone is 2. The number of hydrogen-bond donors (Lipinski definition) is 2. The molecule has 0 aromatic heterocycles. The van der Waals surface area contributed by atoms with Crippen LogP contribution in [0, 0.1) is 0 Å². The van der Waals surface area contributed by atoms with Crippen molar-refractivity contribution >= 4 is 0 Å². The van der Waals surface area contributed by atoms with E-state index >= 15 is 0 Å². The van der Waals surface area contributed by atoms with Crippen molar-refractivity contribution in [1.29, 1.82) is 0 Å². The van der Waals surface area contributed by atoms with Crippen molar-refractivity contribution in [2.75, 3.05) is 13.1 Å². The van der Waals surface area contributed by atoms with E-state index < -0.39 is 0 Å². The quantitative estimate of drug-likeness (QED) is 0.544. The summed E-state index contributed by atoms with van der Waals surface area (Å²) in [6, 6.07) is 9.82. The lowest BCUT2D eigenvalue weighted by Gasteiger charge is -2.11. The van der Waals surface area contributed by atoms with Gasteiger partial charge in [-0.3, -0.25) is 0 Å². The highest BCUT2D eigenvalue weighted by Crippen LogP contribution is 2.16. The lowest BCUT2D eigenvalue weighted by atomic mass is 10.1. The van der Waals surface area contributed by atoms with Crippen molar-refractivity contribution in [3.63, 3.8) is 0 Å². The van der Waals surface area contributed by atoms with Crippen molar-refractivity contribution in [3.8, 4) is 0 Å². The molecule has 1 aromatic rings. The van der Waals surface area contributed by atoms with Crippen LogP contribution in [-0.2, 0) is 0 Å². The van der Waals surface area contributed by atoms with Crippen LogP contribution in [0.5, 0.6) is 0 Å². The maximum atomic E-state index is 9.96. The predicted octanol–water partition coefficient (Wildman–Crippen LogP) is 3.22. The van der Waals surface area contributed by atoms with E-state index in [1.165, 1.54) is 5.57 Å². The summed E-state index contributed by atoms with van der Waals surface area (Å²) in [4.78, 5) is 0. The second kappa shape index (κ2) is 8.67. The zero-order valence-electron chi connectivity index (χ0n) is 11.1. The van der Waals surface area contributed by atoms with Crippen molar-refractivity contribution in [3.05, 3.63) is 60.2 Å². The van der Waals surface area contributed by atoms with Gasteiger partial charge in [-0.1, -0.05) is 54.6 Å². The topological polar surface area (TPSA) is 32.3 Å². The van der Waals surface area contributed by atoms with E-state index in [0.717, 1.165) is 31.5 Å². The highest BCUT2D eigenvalue weighted by Gasteiger charge is 2.05. The lowest BCUT2D eigenvalue weighted by Crippen LogP contribution is -2.18. The summed E-state index contributed by atoms with van der Waals surface area (Å²) in [6.45, 7) is 7.55. The molecule has 0 amide bonds. The molecule has 0 saturated heterocycles. The highest BCUT2D eigenvalue weighted by molar-refractivity contribution is 5.17. The molecule has 1 rings (SSSR count). The minimum absolute atomic E-state index is 0.349. The zero-order chi connectivity index (χ0) is 13.2. The lowest BCUT2D eigenvalue weighted by molar-refractivity contribution is 0.164. The summed E-state index contributed by atoms with van der Waals surface area (Å²) >= 11 is 0. The first-order valence-electron chi connectivity index (χ1n) is 6.46. The molecule has 2 N–H and O–H groups in total. The van der Waals surface area contributed by atoms with Crippen LogP contribution in [0.2, 0.25) is 0 Å². The molecular formula is C16H23NO. The minimum Gasteiger partial charge on any atom is -0.388 e. The third-order valence-corrected chi connectivity index (χ3v) is 2.82. The number of rotatable bonds is 8. The van der Waals surface area contributed by atoms with Crippen molar-refractivity contribution in [2.24, 2.45) is 0 Å². The Bertz CT molecular complexity index is 370. The Kier molecular flexibility index (Phi) is 7.07. The molecule has 98 valence electrons. The Morgan fingerprint density at radius 1 is 1.39 bits per heavy atom. The van der Waals surface area contributed by atoms with E-state index in [4.69, 9.17) is 0 Å². The van der Waals surface area contributed by atoms with Gasteiger partial charge in [0.15, 0.2) is 0 Å². The van der Waals surface area contributed by atoms with E-state index in [1.807, 2.05) is 36.4 Å². The number of aliphatic hydroxyl groups is 1. The number of aliphatic hydroxyl groups excluding tert-OH is 1. The van der Waals surface area contributed by atoms with Crippen molar-refractivity contribution < 1.29 is 5.11 Å². The van der Waals surface area contributed by atoms with Gasteiger partial charge in [-0.25, -0.2) is 0 Å². The zero-order valence-corrected chi connectivity index (χ0v) is 11.1. The highest BCUT2D eigenvalue weighted by atomic mass is 16.3. The molecule has 0 saturated carbocycles. The predicted molar refractivity (Wildman–Crippen MR) is 77.5 cm³/mol. The van der Waals surface area contributed by atoms with Crippen LogP contribution in [0.25, 0.3) is 0 Å². The van der Waals surface area contributed by atoms with Crippen LogP contribution >= 0.6 is 0 Å². The maximum Gasteiger partial charge on any atom is 0.0790 e. The molecule has 0 bridgehead atoms. The summed E-state index contributed by atoms with van der Waals surface area (Å²) in [5.74, 6) is 0. The van der Waals surface area contributed by atoms with E-state index in [1.54, 1.807) is 6.08 Å². The number of nitrogens with one attached hydrogen (secondary N) is 1. The summed E-state index contributed by atoms with van der Waals surface area (Å²) in [5, 5.41) is 13.3. The molecule has 0 heterocycles. The molecule has 0 aliphatic carbocycles. The van der Waals surface area contributed by atoms with Crippen LogP contribution in [-0.4, -0.2) is 18.2 Å². The molecule has 0 spiro atoms. The Morgan fingerprint density at radius 2 is 2.11 bits per heavy atom. The molecule has 1 aromatic carbocycles. The molecule has 0 fully saturated rings. The maximum absolute atomic E-state index is 9.96. The third kappa shape index (κ3) is 5.80. The summed E-state index contributed by atoms with van der Waals surface area (Å²) in [5.41, 5.74) is 2.27. The summed E-state index contributed by atoms with van der Waals surface area (Å²) in [6.07, 6.45) is 5.22. The first-order chi connectivity index (χ1) is 8.74. The second-order valence-corrected chi connectivity index (χ2v) is 4.49. The van der Waals surface area contributed by atoms with E-state index in [0.29, 0.717) is 0 Å². The number of hydrogen-bond acceptors (Lipinski definition) is 2. The first kappa shape index (κ1) is 14.7. The van der Waals surface area contributed by atoms with E-state index in [-0.39, 0.29) is 6.10 Å². The molecule has 18 heavy (non-hydrogen) atoms. The van der Waals surface area contributed by atoms with Gasteiger partial charge in [-0.2, -0.15) is 0 Å². The Labute approximate surface area is 110 Å². The fourth-order valence-corrected chi connectivity index (χ4v) is 1.81. The Morgan fingerprint density at radius 3 is 2.78 bits per heavy atom. The molecular weight excluding hydrogens is 222 g/mol. The van der Waals surface area contributed by atoms with Gasteiger partial charge in [0.25, 0.3) is 0 Å². The van der Waals surface area contributed by atoms with Crippen LogP contribution in [0.1, 0.15) is 31.4 Å². The van der Waals surface area contributed by atoms with Crippen molar-refractivity contribution in [2.45, 2.75) is 25.9 Å². The normalized spacial score (nSPS) is 13.3. The average molecular weight is 245 g/mol. The summed E-state index contributed by atoms with van der Waals surface area (Å²) in [7, 11) is 0. The minimum atomic E-state index is -0.349. The fraction of sp³-hybridized carbons (Fsp3) is 0.375. The standard InChI is InChI=1S/C16H23NO/c1-3-8-14(2)13-17-12-7-11-16(18)15-9-5-4-6-10-15/h3-6,8-10,16-18H,1,7,11-13H2,2H3/b14-8+. The summed E-state index contributed by atoms with van der Waals surface area (Å²) < 4.78 is 0. The largest absolute Gasteiger partial charge is 0.388 e. The van der Waals surface area contributed by atoms with Crippen LogP contribution in [0.3, 0.4) is 0 Å². The Hall–Kier alpha value is -1.38. The number of benzene rings is 1. The average Bonchev–Trinajstić information content (AvgIpc) is 2.39. The smallest absolute Gasteiger partial charge is 0.0790 e. The van der Waals surface area contributed by atoms with Crippen LogP contribution in [0.4, 0.5) is 0 Å². The van der Waals surface area contributed by atoms with Crippen molar-refractivity contribution in [1.82, 2.24) is 5.32 Å². The van der Waals surface area contributed by atoms with Gasteiger partial charge in [-0.05, 0) is 31.9 Å². The molecule has 2 nitrogen and oxygen atoms in total. The molecule has 0 aliphatic heterocycles. The fourth-order valence-electron chi connectivity index (χ4n) is 1.81. The van der Waals surface area contributed by atoms with Gasteiger partial charge >= 0.3 is 0 Å². The van der Waals surface area contributed by atoms with Gasteiger partial charge < -0.3 is 10.4 Å². The third-order valence-electron chi connectivity index (χ3n) is 2.82. The van der Waals surface area contributed by atoms with Crippen LogP contribution < -0.4 is 5.32 Å². The van der Waals surface area contributed by atoms with Gasteiger partial charge in [0.1, 0.15) is 0 Å². The van der Waals surface area contributed by atoms with Gasteiger partial charge in [0.05, 0.1) is 6.10 Å². The monoisotopic (exact) mass is 245 g/mol. The first-order valence-corrected chi connectivity index (χ1v) is 6.46. The Balaban J connectivity index is 2.15. The SMILES string of the molecule is C=C/C=C(\C)CNCCCC(O)c1ccccc1. The van der Waals surface area contributed by atoms with Crippen LogP contribution in [0.15, 0.2) is 54.6 Å². The van der Waals surface area contributed by atoms with E-state index in [9.17, 15) is 5.11 Å². The van der Waals surface area contributed by atoms with Gasteiger partial charge in [0.2, 0.25) is 0 Å². The van der Waals surface area contributed by atoms with E-state index in [2.05, 4.69) is 18.8 Å². The van der Waals surface area contributed by atoms with Gasteiger partial charge in [0, 0.05) is 6.54 Å². The molecule has 1 atom stereocenters. The van der Waals surface area contributed by atoms with Gasteiger partial charge in [-0.15, -0.1) is 0 Å².